The van der Waals surface area contributed by atoms with Crippen molar-refractivity contribution in [2.45, 2.75) is 11.8 Å². The number of halogens is 2. The molecular weight excluding hydrogens is 408 g/mol. The van der Waals surface area contributed by atoms with Crippen molar-refractivity contribution in [2.75, 3.05) is 10.5 Å². The van der Waals surface area contributed by atoms with Gasteiger partial charge >= 0.3 is 0 Å². The van der Waals surface area contributed by atoms with Gasteiger partial charge in [0, 0.05) is 8.95 Å². The number of benzene rings is 2. The summed E-state index contributed by atoms with van der Waals surface area (Å²) >= 11 is 6.55. The van der Waals surface area contributed by atoms with Gasteiger partial charge in [0.05, 0.1) is 11.4 Å². The minimum absolute atomic E-state index is 0.168. The summed E-state index contributed by atoms with van der Waals surface area (Å²) in [5.74, 6) is 0. The molecule has 0 aliphatic carbocycles. The van der Waals surface area contributed by atoms with E-state index < -0.39 is 10.0 Å². The molecule has 0 saturated carbocycles. The number of sulfonamides is 1. The average Bonchev–Trinajstić information content (AvgIpc) is 2.34. The Hall–Kier alpha value is -1.05. The Balaban J connectivity index is 2.47. The van der Waals surface area contributed by atoms with E-state index in [0.717, 1.165) is 10.0 Å². The fraction of sp³-hybridized carbons (Fsp3) is 0.0769. The maximum atomic E-state index is 12.4. The zero-order valence-corrected chi connectivity index (χ0v) is 14.5. The lowest BCUT2D eigenvalue weighted by Crippen LogP contribution is -2.15. The topological polar surface area (TPSA) is 72.2 Å². The van der Waals surface area contributed by atoms with Crippen LogP contribution in [0.3, 0.4) is 0 Å². The third-order valence-electron chi connectivity index (χ3n) is 2.69. The molecule has 106 valence electrons. The number of hydrogen-bond donors (Lipinski definition) is 2. The van der Waals surface area contributed by atoms with Crippen LogP contribution in [0, 0.1) is 6.92 Å². The van der Waals surface area contributed by atoms with E-state index in [2.05, 4.69) is 36.6 Å². The van der Waals surface area contributed by atoms with E-state index in [-0.39, 0.29) is 4.90 Å². The van der Waals surface area contributed by atoms with Crippen molar-refractivity contribution in [3.8, 4) is 0 Å². The Morgan fingerprint density at radius 1 is 1.15 bits per heavy atom. The van der Waals surface area contributed by atoms with Crippen LogP contribution in [-0.4, -0.2) is 8.42 Å². The van der Waals surface area contributed by atoms with Crippen LogP contribution in [0.5, 0.6) is 0 Å². The van der Waals surface area contributed by atoms with Crippen LogP contribution in [-0.2, 0) is 10.0 Å². The molecule has 0 aliphatic heterocycles. The Morgan fingerprint density at radius 2 is 1.80 bits per heavy atom. The van der Waals surface area contributed by atoms with Crippen LogP contribution < -0.4 is 10.5 Å². The molecule has 0 saturated heterocycles. The molecular formula is C13H12Br2N2O2S. The lowest BCUT2D eigenvalue weighted by atomic mass is 10.2. The monoisotopic (exact) mass is 418 g/mol. The zero-order valence-electron chi connectivity index (χ0n) is 10.5. The average molecular weight is 420 g/mol. The summed E-state index contributed by atoms with van der Waals surface area (Å²) in [5, 5.41) is 0. The number of nitrogens with two attached hydrogens (primary N) is 1. The molecule has 4 nitrogen and oxygen atoms in total. The molecule has 0 unspecified atom stereocenters. The molecule has 0 amide bonds. The second-order valence-electron chi connectivity index (χ2n) is 4.22. The first-order valence-electron chi connectivity index (χ1n) is 5.64. The van der Waals surface area contributed by atoms with Crippen molar-refractivity contribution < 1.29 is 8.42 Å². The highest BCUT2D eigenvalue weighted by Crippen LogP contribution is 2.31. The van der Waals surface area contributed by atoms with Crippen LogP contribution in [0.25, 0.3) is 0 Å². The van der Waals surface area contributed by atoms with E-state index in [1.54, 1.807) is 37.3 Å². The maximum absolute atomic E-state index is 12.4. The Kier molecular flexibility index (Phi) is 4.41. The van der Waals surface area contributed by atoms with Gasteiger partial charge in [-0.15, -0.1) is 0 Å². The Labute approximate surface area is 134 Å². The van der Waals surface area contributed by atoms with Crippen LogP contribution in [0.2, 0.25) is 0 Å². The summed E-state index contributed by atoms with van der Waals surface area (Å²) in [6, 6.07) is 10.1. The molecule has 0 radical (unpaired) electrons. The quantitative estimate of drug-likeness (QED) is 0.741. The smallest absolute Gasteiger partial charge is 0.263 e. The molecule has 7 heteroatoms. The van der Waals surface area contributed by atoms with E-state index in [1.807, 2.05) is 0 Å². The normalized spacial score (nSPS) is 11.3. The number of rotatable bonds is 3. The molecule has 0 aromatic heterocycles. The SMILES string of the molecule is Cc1cc(Br)cc(N)c1NS(=O)(=O)c1ccccc1Br. The van der Waals surface area contributed by atoms with Gasteiger partial charge < -0.3 is 5.73 Å². The first-order chi connectivity index (χ1) is 9.31. The van der Waals surface area contributed by atoms with Crippen LogP contribution in [0.4, 0.5) is 11.4 Å². The van der Waals surface area contributed by atoms with Crippen LogP contribution >= 0.6 is 31.9 Å². The summed E-state index contributed by atoms with van der Waals surface area (Å²) in [4.78, 5) is 0.168. The van der Waals surface area contributed by atoms with Crippen molar-refractivity contribution in [1.29, 1.82) is 0 Å². The minimum Gasteiger partial charge on any atom is -0.397 e. The predicted molar refractivity (Wildman–Crippen MR) is 88.2 cm³/mol. The third-order valence-corrected chi connectivity index (χ3v) is 5.51. The van der Waals surface area contributed by atoms with Crippen molar-refractivity contribution in [3.63, 3.8) is 0 Å². The number of aryl methyl sites for hydroxylation is 1. The van der Waals surface area contributed by atoms with Gasteiger partial charge in [-0.3, -0.25) is 4.72 Å². The molecule has 0 spiro atoms. The maximum Gasteiger partial charge on any atom is 0.263 e. The summed E-state index contributed by atoms with van der Waals surface area (Å²) in [6.07, 6.45) is 0. The van der Waals surface area contributed by atoms with Gasteiger partial charge in [0.1, 0.15) is 4.90 Å². The first-order valence-corrected chi connectivity index (χ1v) is 8.71. The highest BCUT2D eigenvalue weighted by atomic mass is 79.9. The molecule has 0 heterocycles. The Bertz CT molecular complexity index is 738. The van der Waals surface area contributed by atoms with Crippen molar-refractivity contribution >= 4 is 53.3 Å². The first kappa shape index (κ1) is 15.3. The summed E-state index contributed by atoms with van der Waals surface area (Å²) < 4.78 is 28.6. The number of hydrogen-bond acceptors (Lipinski definition) is 3. The van der Waals surface area contributed by atoms with Gasteiger partial charge in [0.15, 0.2) is 0 Å². The minimum atomic E-state index is -3.69. The van der Waals surface area contributed by atoms with Gasteiger partial charge in [-0.2, -0.15) is 0 Å². The lowest BCUT2D eigenvalue weighted by molar-refractivity contribution is 0.600. The zero-order chi connectivity index (χ0) is 14.9. The predicted octanol–water partition coefficient (Wildman–Crippen LogP) is 3.90. The standard InChI is InChI=1S/C13H12Br2N2O2S/c1-8-6-9(14)7-11(16)13(8)17-20(18,19)12-5-3-2-4-10(12)15/h2-7,17H,16H2,1H3. The van der Waals surface area contributed by atoms with E-state index in [1.165, 1.54) is 6.07 Å². The van der Waals surface area contributed by atoms with Crippen molar-refractivity contribution in [3.05, 3.63) is 50.9 Å². The van der Waals surface area contributed by atoms with E-state index >= 15 is 0 Å². The fourth-order valence-corrected chi connectivity index (χ4v) is 4.51. The van der Waals surface area contributed by atoms with Crippen LogP contribution in [0.15, 0.2) is 50.2 Å². The second-order valence-corrected chi connectivity index (χ2v) is 7.64. The molecule has 0 atom stereocenters. The van der Waals surface area contributed by atoms with Crippen molar-refractivity contribution in [2.24, 2.45) is 0 Å². The summed E-state index contributed by atoms with van der Waals surface area (Å²) in [6.45, 7) is 1.79. The molecule has 0 aliphatic rings. The van der Waals surface area contributed by atoms with Crippen LogP contribution in [0.1, 0.15) is 5.56 Å². The second kappa shape index (κ2) is 5.75. The van der Waals surface area contributed by atoms with E-state index in [0.29, 0.717) is 15.8 Å². The number of anilines is 2. The van der Waals surface area contributed by atoms with Gasteiger partial charge in [-0.1, -0.05) is 28.1 Å². The largest absolute Gasteiger partial charge is 0.397 e. The molecule has 0 fully saturated rings. The number of nitrogens with one attached hydrogen (secondary N) is 1. The van der Waals surface area contributed by atoms with Gasteiger partial charge in [0.2, 0.25) is 0 Å². The molecule has 2 aromatic carbocycles. The third kappa shape index (κ3) is 3.16. The molecule has 0 bridgehead atoms. The Morgan fingerprint density at radius 3 is 2.40 bits per heavy atom. The summed E-state index contributed by atoms with van der Waals surface area (Å²) in [7, 11) is -3.69. The highest BCUT2D eigenvalue weighted by molar-refractivity contribution is 9.10. The number of nitrogen functional groups attached to an aromatic ring is 1. The van der Waals surface area contributed by atoms with E-state index in [4.69, 9.17) is 5.73 Å². The molecule has 20 heavy (non-hydrogen) atoms. The van der Waals surface area contributed by atoms with E-state index in [9.17, 15) is 8.42 Å². The lowest BCUT2D eigenvalue weighted by Gasteiger charge is -2.14. The van der Waals surface area contributed by atoms with Crippen molar-refractivity contribution in [1.82, 2.24) is 0 Å². The molecule has 3 N–H and O–H groups in total. The van der Waals surface area contributed by atoms with Gasteiger partial charge in [-0.05, 0) is 52.7 Å². The fourth-order valence-electron chi connectivity index (χ4n) is 1.76. The van der Waals surface area contributed by atoms with Gasteiger partial charge in [0.25, 0.3) is 10.0 Å². The summed E-state index contributed by atoms with van der Waals surface area (Å²) in [5.41, 5.74) is 7.38. The molecule has 2 aromatic rings. The van der Waals surface area contributed by atoms with Gasteiger partial charge in [-0.25, -0.2) is 8.42 Å². The highest BCUT2D eigenvalue weighted by Gasteiger charge is 2.19. The molecule has 2 rings (SSSR count).